The number of aryl methyl sites for hydroxylation is 9. The molecule has 10 aromatic rings. The molecule has 0 radical (unpaired) electrons. The van der Waals surface area contributed by atoms with E-state index < -0.39 is 30.5 Å². The molecule has 0 aliphatic carbocycles. The van der Waals surface area contributed by atoms with Gasteiger partial charge in [0.15, 0.2) is 28.5 Å². The number of aliphatic hydroxyl groups is 1. The van der Waals surface area contributed by atoms with Crippen molar-refractivity contribution in [3.8, 4) is 66.4 Å². The molecule has 10 rings (SSSR count). The van der Waals surface area contributed by atoms with E-state index in [1.165, 1.54) is 76.0 Å². The molecular formula is C49H43Br2N17O10S4. The molecule has 0 atom stereocenters. The standard InChI is InChI=1S/C11H8N4O2.C10H10BrN3O2S.C10H11N3O2S.C9H8BrN3O2S.C9H6N4O2S/c1-15-10(11(16)17)8(6-13-15)9-4-2-3-7(5-12)14-9;1-5-9(11)17-10(13-5)6-3-12-14(2)8(6)7(16)4-15;1-5-8(12-6(2)16-5)7-4-11-13(3)9(7)10(14)15;1-4-7(10)16-8(12-4)5-3-11-13(2)6(5)9(14)15;1-13-7(9(14)15)6(3-11-13)8-12-5(2-10)4-16-8/h2-4,6H,1H3,(H,16,17);3,15H,4H2,1-2H3;4H,1-3H3,(H,14,15);3H,1-2H3,(H,14,15);3-4H,1H3,(H,14,15). The van der Waals surface area contributed by atoms with E-state index in [1.54, 1.807) is 82.5 Å². The molecule has 82 heavy (non-hydrogen) atoms. The van der Waals surface area contributed by atoms with E-state index in [1.807, 2.05) is 39.8 Å². The van der Waals surface area contributed by atoms with Gasteiger partial charge in [-0.05, 0) is 71.7 Å². The number of Topliss-reactive ketones (excluding diaryl/α,β-unsaturated/α-hetero) is 1. The Morgan fingerprint density at radius 2 is 0.927 bits per heavy atom. The lowest BCUT2D eigenvalue weighted by atomic mass is 10.1. The van der Waals surface area contributed by atoms with Gasteiger partial charge in [-0.25, -0.2) is 44.1 Å². The third kappa shape index (κ3) is 14.2. The number of ketones is 1. The summed E-state index contributed by atoms with van der Waals surface area (Å²) in [6, 6.07) is 8.66. The summed E-state index contributed by atoms with van der Waals surface area (Å²) >= 11 is 12.4. The minimum atomic E-state index is -1.08. The second-order valence-corrected chi connectivity index (χ2v) is 23.4. The zero-order valence-corrected chi connectivity index (χ0v) is 50.6. The van der Waals surface area contributed by atoms with Crippen molar-refractivity contribution in [1.29, 1.82) is 10.5 Å². The number of carboxylic acid groups (broad SMARTS) is 4. The smallest absolute Gasteiger partial charge is 0.354 e. The number of hydrogen-bond acceptors (Lipinski definition) is 22. The van der Waals surface area contributed by atoms with Crippen molar-refractivity contribution < 1.29 is 49.5 Å². The molecule has 0 saturated heterocycles. The number of pyridine rings is 1. The number of nitrogens with zero attached hydrogens (tertiary/aromatic N) is 17. The highest BCUT2D eigenvalue weighted by Gasteiger charge is 2.24. The van der Waals surface area contributed by atoms with Crippen LogP contribution in [0, 0.1) is 50.4 Å². The average molecular weight is 1320 g/mol. The molecule has 0 aromatic carbocycles. The van der Waals surface area contributed by atoms with Crippen molar-refractivity contribution in [2.24, 2.45) is 35.2 Å². The summed E-state index contributed by atoms with van der Waals surface area (Å²) in [6.45, 7) is 7.05. The van der Waals surface area contributed by atoms with Crippen molar-refractivity contribution in [2.75, 3.05) is 6.61 Å². The molecule has 422 valence electrons. The quantitative estimate of drug-likeness (QED) is 0.0763. The highest BCUT2D eigenvalue weighted by Crippen LogP contribution is 2.35. The van der Waals surface area contributed by atoms with Crippen LogP contribution < -0.4 is 0 Å². The molecule has 10 heterocycles. The number of rotatable bonds is 11. The first-order valence-corrected chi connectivity index (χ1v) is 27.8. The van der Waals surface area contributed by atoms with Crippen LogP contribution in [0.4, 0.5) is 0 Å². The van der Waals surface area contributed by atoms with Crippen molar-refractivity contribution in [3.63, 3.8) is 0 Å². The van der Waals surface area contributed by atoms with Gasteiger partial charge in [-0.1, -0.05) is 6.07 Å². The number of carboxylic acids is 4. The summed E-state index contributed by atoms with van der Waals surface area (Å²) in [5, 5.41) is 86.7. The third-order valence-corrected chi connectivity index (χ3v) is 16.8. The first-order chi connectivity index (χ1) is 38.8. The topological polar surface area (TPSA) is 388 Å². The number of thiazole rings is 4. The fraction of sp³-hybridized carbons (Fsp3) is 0.204. The Morgan fingerprint density at radius 3 is 1.32 bits per heavy atom. The van der Waals surface area contributed by atoms with Gasteiger partial charge in [-0.2, -0.15) is 36.0 Å². The van der Waals surface area contributed by atoms with E-state index in [4.69, 9.17) is 36.1 Å². The number of aliphatic hydroxyl groups excluding tert-OH is 1. The number of aromatic nitrogens is 15. The van der Waals surface area contributed by atoms with E-state index >= 15 is 0 Å². The van der Waals surface area contributed by atoms with Crippen LogP contribution in [0.5, 0.6) is 0 Å². The summed E-state index contributed by atoms with van der Waals surface area (Å²) in [6.07, 6.45) is 7.52. The van der Waals surface area contributed by atoms with Crippen LogP contribution in [0.25, 0.3) is 54.2 Å². The van der Waals surface area contributed by atoms with Gasteiger partial charge < -0.3 is 25.5 Å². The molecule has 0 spiro atoms. The zero-order valence-electron chi connectivity index (χ0n) is 44.2. The second-order valence-electron chi connectivity index (χ2n) is 16.5. The molecule has 27 nitrogen and oxygen atoms in total. The number of carbonyl (C=O) groups excluding carboxylic acids is 1. The van der Waals surface area contributed by atoms with E-state index in [9.17, 15) is 24.0 Å². The molecule has 5 N–H and O–H groups in total. The lowest BCUT2D eigenvalue weighted by molar-refractivity contribution is 0.0675. The Bertz CT molecular complexity index is 4090. The Morgan fingerprint density at radius 1 is 0.524 bits per heavy atom. The normalized spacial score (nSPS) is 10.4. The summed E-state index contributed by atoms with van der Waals surface area (Å²) in [5.74, 6) is -4.49. The largest absolute Gasteiger partial charge is 0.477 e. The predicted octanol–water partition coefficient (Wildman–Crippen LogP) is 8.13. The fourth-order valence-electron chi connectivity index (χ4n) is 7.30. The molecule has 0 fully saturated rings. The van der Waals surface area contributed by atoms with Gasteiger partial charge in [0.25, 0.3) is 0 Å². The molecule has 0 bridgehead atoms. The first-order valence-electron chi connectivity index (χ1n) is 22.9. The summed E-state index contributed by atoms with van der Waals surface area (Å²) in [4.78, 5) is 77.9. The van der Waals surface area contributed by atoms with Crippen LogP contribution in [0.3, 0.4) is 0 Å². The molecule has 0 unspecified atom stereocenters. The van der Waals surface area contributed by atoms with Gasteiger partial charge in [0.05, 0.1) is 94.2 Å². The molecule has 0 aliphatic rings. The summed E-state index contributed by atoms with van der Waals surface area (Å²) in [7, 11) is 7.97. The fourth-order valence-corrected chi connectivity index (χ4v) is 11.6. The number of aromatic carboxylic acids is 4. The predicted molar refractivity (Wildman–Crippen MR) is 307 cm³/mol. The second kappa shape index (κ2) is 27.1. The van der Waals surface area contributed by atoms with Crippen LogP contribution in [-0.4, -0.2) is 136 Å². The number of halogens is 2. The highest BCUT2D eigenvalue weighted by molar-refractivity contribution is 9.11. The van der Waals surface area contributed by atoms with Crippen LogP contribution in [0.1, 0.15) is 85.1 Å². The van der Waals surface area contributed by atoms with Gasteiger partial charge in [-0.3, -0.25) is 28.2 Å². The SMILES string of the molecule is Cc1nc(-c2cnn(C)c2C(=O)CO)sc1Br.Cc1nc(-c2cnn(C)c2C(=O)O)c(C)s1.Cc1nc(-c2cnn(C)c2C(=O)O)sc1Br.Cn1ncc(-c2cccc(C#N)n2)c1C(=O)O.Cn1ncc(-c2nc(C#N)cs2)c1C(=O)O. The van der Waals surface area contributed by atoms with Gasteiger partial charge in [0, 0.05) is 45.5 Å². The van der Waals surface area contributed by atoms with Crippen molar-refractivity contribution >= 4 is 107 Å². The molecule has 0 saturated carbocycles. The van der Waals surface area contributed by atoms with E-state index in [2.05, 4.69) is 82.3 Å². The maximum Gasteiger partial charge on any atom is 0.354 e. The minimum absolute atomic E-state index is 0.0487. The average Bonchev–Trinajstić information content (AvgIpc) is 4.30. The van der Waals surface area contributed by atoms with Crippen LogP contribution in [0.15, 0.2) is 62.1 Å². The number of nitriles is 2. The van der Waals surface area contributed by atoms with Crippen molar-refractivity contribution in [3.05, 3.63) is 123 Å². The van der Waals surface area contributed by atoms with Crippen molar-refractivity contribution in [1.82, 2.24) is 73.8 Å². The lowest BCUT2D eigenvalue weighted by Gasteiger charge is -2.00. The summed E-state index contributed by atoms with van der Waals surface area (Å²) in [5.41, 5.74) is 6.83. The maximum absolute atomic E-state index is 11.6. The molecule has 0 amide bonds. The van der Waals surface area contributed by atoms with Crippen LogP contribution in [-0.2, 0) is 35.2 Å². The van der Waals surface area contributed by atoms with E-state index in [-0.39, 0.29) is 39.9 Å². The van der Waals surface area contributed by atoms with Gasteiger partial charge in [0.2, 0.25) is 5.78 Å². The van der Waals surface area contributed by atoms with Gasteiger partial charge in [-0.15, -0.1) is 45.3 Å². The Labute approximate surface area is 496 Å². The first kappa shape index (κ1) is 62.4. The highest BCUT2D eigenvalue weighted by atomic mass is 79.9. The molecular weight excluding hydrogens is 1270 g/mol. The number of hydrogen-bond donors (Lipinski definition) is 5. The van der Waals surface area contributed by atoms with E-state index in [0.29, 0.717) is 54.9 Å². The van der Waals surface area contributed by atoms with E-state index in [0.717, 1.165) is 33.9 Å². The summed E-state index contributed by atoms with van der Waals surface area (Å²) < 4.78 is 8.51. The zero-order chi connectivity index (χ0) is 60.4. The van der Waals surface area contributed by atoms with Crippen LogP contribution in [0.2, 0.25) is 0 Å². The van der Waals surface area contributed by atoms with Crippen LogP contribution >= 0.6 is 77.2 Å². The molecule has 10 aromatic heterocycles. The van der Waals surface area contributed by atoms with Gasteiger partial charge in [0.1, 0.15) is 45.2 Å². The minimum Gasteiger partial charge on any atom is -0.477 e. The maximum atomic E-state index is 11.6. The Hall–Kier alpha value is -8.83. The van der Waals surface area contributed by atoms with Gasteiger partial charge >= 0.3 is 23.9 Å². The van der Waals surface area contributed by atoms with Crippen molar-refractivity contribution in [2.45, 2.75) is 27.7 Å². The number of carbonyl (C=O) groups is 5. The molecule has 33 heteroatoms. The monoisotopic (exact) mass is 1320 g/mol. The lowest BCUT2D eigenvalue weighted by Crippen LogP contribution is -2.11. The third-order valence-electron chi connectivity index (χ3n) is 11.0. The Kier molecular flexibility index (Phi) is 20.6. The molecule has 0 aliphatic heterocycles. The Balaban J connectivity index is 0.000000165.